The minimum atomic E-state index is -3.87. The summed E-state index contributed by atoms with van der Waals surface area (Å²) in [6, 6.07) is 6.89. The van der Waals surface area contributed by atoms with Crippen LogP contribution >= 0.6 is 0 Å². The second-order valence-electron chi connectivity index (χ2n) is 9.18. The van der Waals surface area contributed by atoms with E-state index in [9.17, 15) is 18.3 Å². The highest BCUT2D eigenvalue weighted by atomic mass is 32.2. The molecule has 1 aliphatic carbocycles. The second-order valence-corrected chi connectivity index (χ2v) is 10.8. The molecule has 1 atom stereocenters. The number of rotatable bonds is 6. The van der Waals surface area contributed by atoms with Crippen LogP contribution in [0.2, 0.25) is 0 Å². The summed E-state index contributed by atoms with van der Waals surface area (Å²) in [6.07, 6.45) is 8.68. The van der Waals surface area contributed by atoms with Gasteiger partial charge in [-0.05, 0) is 43.4 Å². The van der Waals surface area contributed by atoms with Crippen LogP contribution in [0.3, 0.4) is 0 Å². The van der Waals surface area contributed by atoms with Gasteiger partial charge in [-0.15, -0.1) is 0 Å². The minimum absolute atomic E-state index is 0.0111. The molecule has 0 bridgehead atoms. The maximum Gasteiger partial charge on any atom is 0.343 e. The molecule has 4 rings (SSSR count). The lowest BCUT2D eigenvalue weighted by atomic mass is 9.73. The number of anilines is 1. The van der Waals surface area contributed by atoms with Crippen molar-refractivity contribution >= 4 is 15.7 Å². The summed E-state index contributed by atoms with van der Waals surface area (Å²) < 4.78 is 35.4. The van der Waals surface area contributed by atoms with Crippen LogP contribution in [0.25, 0.3) is 0 Å². The van der Waals surface area contributed by atoms with E-state index in [-0.39, 0.29) is 16.3 Å². The summed E-state index contributed by atoms with van der Waals surface area (Å²) in [5, 5.41) is 11.2. The van der Waals surface area contributed by atoms with Crippen LogP contribution in [-0.2, 0) is 35.3 Å². The van der Waals surface area contributed by atoms with Crippen molar-refractivity contribution in [3.05, 3.63) is 69.7 Å². The van der Waals surface area contributed by atoms with Crippen molar-refractivity contribution < 1.29 is 17.9 Å². The summed E-state index contributed by atoms with van der Waals surface area (Å²) in [4.78, 5) is 17.1. The van der Waals surface area contributed by atoms with Crippen LogP contribution in [0.1, 0.15) is 68.4 Å². The maximum absolute atomic E-state index is 13.1. The number of imidazole rings is 1. The van der Waals surface area contributed by atoms with Crippen LogP contribution in [0, 0.1) is 0 Å². The molecule has 1 aromatic carbocycles. The highest BCUT2D eigenvalue weighted by Crippen LogP contribution is 2.41. The Morgan fingerprint density at radius 3 is 2.62 bits per heavy atom. The van der Waals surface area contributed by atoms with E-state index in [1.807, 2.05) is 19.9 Å². The Morgan fingerprint density at radius 1 is 1.21 bits per heavy atom. The number of hydrogen-bond donors (Lipinski definition) is 2. The summed E-state index contributed by atoms with van der Waals surface area (Å²) in [5.74, 6) is 0.596. The van der Waals surface area contributed by atoms with Crippen molar-refractivity contribution in [1.82, 2.24) is 9.55 Å². The summed E-state index contributed by atoms with van der Waals surface area (Å²) in [6.45, 7) is 3.81. The predicted octanol–water partition coefficient (Wildman–Crippen LogP) is 4.25. The van der Waals surface area contributed by atoms with Crippen LogP contribution in [-0.4, -0.2) is 23.1 Å². The van der Waals surface area contributed by atoms with Gasteiger partial charge in [-0.2, -0.15) is 8.42 Å². The first-order valence-corrected chi connectivity index (χ1v) is 13.1. The summed E-state index contributed by atoms with van der Waals surface area (Å²) >= 11 is 0. The van der Waals surface area contributed by atoms with Crippen molar-refractivity contribution in [2.75, 3.05) is 4.72 Å². The van der Waals surface area contributed by atoms with E-state index < -0.39 is 21.1 Å². The fourth-order valence-electron chi connectivity index (χ4n) is 4.68. The zero-order chi connectivity index (χ0) is 24.5. The normalized spacial score (nSPS) is 16.2. The molecule has 34 heavy (non-hydrogen) atoms. The Hall–Kier alpha value is -3.07. The van der Waals surface area contributed by atoms with Crippen molar-refractivity contribution in [2.45, 2.75) is 69.2 Å². The number of aromatic nitrogens is 2. The first-order valence-electron chi connectivity index (χ1n) is 11.7. The minimum Gasteiger partial charge on any atom is -0.507 e. The fraction of sp³-hybridized carbons (Fsp3) is 0.440. The van der Waals surface area contributed by atoms with Gasteiger partial charge in [0, 0.05) is 36.3 Å². The topological polar surface area (TPSA) is 114 Å². The standard InChI is InChI=1S/C25H31N3O5S/c1-4-25(2,22-23(29)19-12-7-5-6-8-13-20(19)33-24(22)30)17-10-9-11-18(14-17)27-34(31,32)21-15-28(3)16-26-21/h9-11,14-16,27,29H,4-8,12-13H2,1-3H3. The lowest BCUT2D eigenvalue weighted by molar-refractivity contribution is 0.366. The number of nitrogens with one attached hydrogen (secondary N) is 1. The number of aryl methyl sites for hydroxylation is 2. The molecule has 8 nitrogen and oxygen atoms in total. The van der Waals surface area contributed by atoms with E-state index in [0.717, 1.165) is 31.2 Å². The van der Waals surface area contributed by atoms with Gasteiger partial charge in [-0.1, -0.05) is 38.8 Å². The molecule has 2 N–H and O–H groups in total. The smallest absolute Gasteiger partial charge is 0.343 e. The zero-order valence-corrected chi connectivity index (χ0v) is 20.6. The van der Waals surface area contributed by atoms with E-state index in [0.29, 0.717) is 36.3 Å². The molecule has 0 spiro atoms. The molecule has 2 aromatic heterocycles. The molecule has 1 unspecified atom stereocenters. The average molecular weight is 486 g/mol. The van der Waals surface area contributed by atoms with Gasteiger partial charge < -0.3 is 14.1 Å². The molecule has 0 saturated carbocycles. The van der Waals surface area contributed by atoms with Gasteiger partial charge >= 0.3 is 5.63 Å². The van der Waals surface area contributed by atoms with Gasteiger partial charge in [0.2, 0.25) is 0 Å². The largest absolute Gasteiger partial charge is 0.507 e. The quantitative estimate of drug-likeness (QED) is 0.539. The van der Waals surface area contributed by atoms with Gasteiger partial charge in [0.25, 0.3) is 10.0 Å². The molecule has 0 saturated heterocycles. The van der Waals surface area contributed by atoms with E-state index >= 15 is 0 Å². The van der Waals surface area contributed by atoms with Gasteiger partial charge in [-0.25, -0.2) is 9.78 Å². The number of fused-ring (bicyclic) bond motifs is 1. The van der Waals surface area contributed by atoms with Gasteiger partial charge in [-0.3, -0.25) is 4.72 Å². The molecule has 0 fully saturated rings. The second kappa shape index (κ2) is 9.29. The van der Waals surface area contributed by atoms with Gasteiger partial charge in [0.05, 0.1) is 11.9 Å². The molecule has 182 valence electrons. The summed E-state index contributed by atoms with van der Waals surface area (Å²) in [5.41, 5.74) is 0.567. The molecule has 0 aliphatic heterocycles. The van der Waals surface area contributed by atoms with Crippen molar-refractivity contribution in [3.8, 4) is 5.75 Å². The average Bonchev–Trinajstić information content (AvgIpc) is 3.22. The van der Waals surface area contributed by atoms with Crippen molar-refractivity contribution in [3.63, 3.8) is 0 Å². The van der Waals surface area contributed by atoms with Crippen LogP contribution < -0.4 is 10.3 Å². The molecule has 9 heteroatoms. The Bertz CT molecular complexity index is 1360. The first kappa shape index (κ1) is 24.1. The predicted molar refractivity (Wildman–Crippen MR) is 130 cm³/mol. The van der Waals surface area contributed by atoms with Crippen LogP contribution in [0.4, 0.5) is 5.69 Å². The Balaban J connectivity index is 1.76. The molecule has 3 aromatic rings. The molecular weight excluding hydrogens is 454 g/mol. The van der Waals surface area contributed by atoms with E-state index in [4.69, 9.17) is 4.42 Å². The highest BCUT2D eigenvalue weighted by Gasteiger charge is 2.36. The van der Waals surface area contributed by atoms with Crippen molar-refractivity contribution in [1.29, 1.82) is 0 Å². The van der Waals surface area contributed by atoms with Crippen molar-refractivity contribution in [2.24, 2.45) is 7.05 Å². The Morgan fingerprint density at radius 2 is 1.94 bits per heavy atom. The highest BCUT2D eigenvalue weighted by molar-refractivity contribution is 7.92. The molecule has 2 heterocycles. The molecule has 0 amide bonds. The monoisotopic (exact) mass is 485 g/mol. The third-order valence-corrected chi connectivity index (χ3v) is 8.09. The Labute approximate surface area is 199 Å². The third-order valence-electron chi connectivity index (χ3n) is 6.83. The Kier molecular flexibility index (Phi) is 6.58. The van der Waals surface area contributed by atoms with Gasteiger partial charge in [0.1, 0.15) is 11.5 Å². The molecule has 1 aliphatic rings. The number of nitrogens with zero attached hydrogens (tertiary/aromatic N) is 2. The van der Waals surface area contributed by atoms with E-state index in [2.05, 4.69) is 9.71 Å². The van der Waals surface area contributed by atoms with Crippen LogP contribution in [0.15, 0.2) is 51.0 Å². The lowest BCUT2D eigenvalue weighted by Gasteiger charge is -2.30. The van der Waals surface area contributed by atoms with Gasteiger partial charge in [0.15, 0.2) is 5.03 Å². The zero-order valence-electron chi connectivity index (χ0n) is 19.8. The number of hydrogen-bond acceptors (Lipinski definition) is 6. The number of sulfonamides is 1. The molecule has 0 radical (unpaired) electrons. The van der Waals surface area contributed by atoms with Crippen LogP contribution in [0.5, 0.6) is 5.75 Å². The first-order chi connectivity index (χ1) is 16.2. The third kappa shape index (κ3) is 4.49. The molecular formula is C25H31N3O5S. The fourth-order valence-corrected chi connectivity index (χ4v) is 5.71. The maximum atomic E-state index is 13.1. The van der Waals surface area contributed by atoms with E-state index in [1.54, 1.807) is 29.8 Å². The number of aromatic hydroxyl groups is 1. The number of benzene rings is 1. The van der Waals surface area contributed by atoms with E-state index in [1.165, 1.54) is 12.5 Å². The SMILES string of the molecule is CCC(C)(c1cccc(NS(=O)(=O)c2cn(C)cn2)c1)c1c(O)c2c(oc1=O)CCCCCC2. The lowest BCUT2D eigenvalue weighted by Crippen LogP contribution is -2.31. The summed E-state index contributed by atoms with van der Waals surface area (Å²) in [7, 11) is -2.18.